The monoisotopic (exact) mass is 390 g/mol. The maximum atomic E-state index is 12.0. The first-order chi connectivity index (χ1) is 12.4. The van der Waals surface area contributed by atoms with Crippen LogP contribution < -0.4 is 4.74 Å². The van der Waals surface area contributed by atoms with Gasteiger partial charge in [0, 0.05) is 13.1 Å². The molecule has 134 valence electrons. The van der Waals surface area contributed by atoms with Crippen molar-refractivity contribution in [1.82, 2.24) is 4.90 Å². The van der Waals surface area contributed by atoms with Crippen LogP contribution in [0.3, 0.4) is 0 Å². The van der Waals surface area contributed by atoms with Gasteiger partial charge in [-0.25, -0.2) is 0 Å². The third-order valence-corrected chi connectivity index (χ3v) is 5.11. The van der Waals surface area contributed by atoms with Gasteiger partial charge < -0.3 is 9.15 Å². The van der Waals surface area contributed by atoms with Crippen LogP contribution in [0.1, 0.15) is 12.7 Å². The van der Waals surface area contributed by atoms with Gasteiger partial charge in [-0.15, -0.1) is 0 Å². The SMILES string of the molecule is CCOc1ccc(-c2ccc(C=C3SC(=S)N(C)C3=O)o2)c([N+](=O)[O-])c1. The lowest BCUT2D eigenvalue weighted by atomic mass is 10.1. The number of hydrogen-bond donors (Lipinski definition) is 0. The van der Waals surface area contributed by atoms with Crippen molar-refractivity contribution < 1.29 is 18.9 Å². The van der Waals surface area contributed by atoms with Crippen LogP contribution in [0.4, 0.5) is 5.69 Å². The van der Waals surface area contributed by atoms with Crippen molar-refractivity contribution >= 4 is 46.0 Å². The van der Waals surface area contributed by atoms with Gasteiger partial charge in [-0.1, -0.05) is 24.0 Å². The Morgan fingerprint density at radius 1 is 1.38 bits per heavy atom. The lowest BCUT2D eigenvalue weighted by Crippen LogP contribution is -2.22. The summed E-state index contributed by atoms with van der Waals surface area (Å²) in [6, 6.07) is 7.87. The molecule has 0 atom stereocenters. The van der Waals surface area contributed by atoms with Gasteiger partial charge in [0.2, 0.25) is 0 Å². The number of carbonyl (C=O) groups is 1. The van der Waals surface area contributed by atoms with Gasteiger partial charge in [0.25, 0.3) is 11.6 Å². The molecular formula is C17H14N2O5S2. The number of amides is 1. The molecule has 2 aromatic rings. The number of thioether (sulfide) groups is 1. The van der Waals surface area contributed by atoms with Crippen molar-refractivity contribution in [3.05, 3.63) is 51.1 Å². The molecule has 1 aromatic carbocycles. The fourth-order valence-electron chi connectivity index (χ4n) is 2.38. The minimum absolute atomic E-state index is 0.114. The molecule has 0 N–H and O–H groups in total. The van der Waals surface area contributed by atoms with Crippen LogP contribution in [0.2, 0.25) is 0 Å². The van der Waals surface area contributed by atoms with Crippen LogP contribution in [0.15, 0.2) is 39.7 Å². The number of carbonyl (C=O) groups excluding carboxylic acids is 1. The Kier molecular flexibility index (Phi) is 5.10. The van der Waals surface area contributed by atoms with Crippen LogP contribution in [0.5, 0.6) is 5.75 Å². The van der Waals surface area contributed by atoms with Gasteiger partial charge in [-0.2, -0.15) is 0 Å². The average molecular weight is 390 g/mol. The highest BCUT2D eigenvalue weighted by Crippen LogP contribution is 2.36. The Morgan fingerprint density at radius 3 is 2.77 bits per heavy atom. The number of likely N-dealkylation sites (N-methyl/N-ethyl adjacent to an activating group) is 1. The molecule has 0 spiro atoms. The lowest BCUT2D eigenvalue weighted by Gasteiger charge is -2.05. The maximum absolute atomic E-state index is 12.0. The van der Waals surface area contributed by atoms with Crippen molar-refractivity contribution in [3.63, 3.8) is 0 Å². The van der Waals surface area contributed by atoms with E-state index >= 15 is 0 Å². The third kappa shape index (κ3) is 3.49. The topological polar surface area (TPSA) is 85.8 Å². The summed E-state index contributed by atoms with van der Waals surface area (Å²) in [5, 5.41) is 11.4. The Balaban J connectivity index is 1.94. The van der Waals surface area contributed by atoms with E-state index in [1.54, 1.807) is 44.3 Å². The molecular weight excluding hydrogens is 376 g/mol. The number of nitro groups is 1. The minimum Gasteiger partial charge on any atom is -0.494 e. The Bertz CT molecular complexity index is 935. The number of nitro benzene ring substituents is 1. The highest BCUT2D eigenvalue weighted by Gasteiger charge is 2.29. The number of furan rings is 1. The van der Waals surface area contributed by atoms with Crippen LogP contribution in [0.25, 0.3) is 17.4 Å². The number of rotatable bonds is 5. The summed E-state index contributed by atoms with van der Waals surface area (Å²) in [6.45, 7) is 2.22. The van der Waals surface area contributed by atoms with Crippen LogP contribution in [-0.2, 0) is 4.79 Å². The molecule has 0 aliphatic carbocycles. The van der Waals surface area contributed by atoms with E-state index < -0.39 is 4.92 Å². The summed E-state index contributed by atoms with van der Waals surface area (Å²) in [6.07, 6.45) is 1.58. The van der Waals surface area contributed by atoms with Crippen molar-refractivity contribution in [2.24, 2.45) is 0 Å². The largest absolute Gasteiger partial charge is 0.494 e. The second kappa shape index (κ2) is 7.30. The predicted octanol–water partition coefficient (Wildman–Crippen LogP) is 4.08. The van der Waals surface area contributed by atoms with E-state index in [4.69, 9.17) is 21.4 Å². The van der Waals surface area contributed by atoms with Crippen molar-refractivity contribution in [2.75, 3.05) is 13.7 Å². The number of benzene rings is 1. The zero-order chi connectivity index (χ0) is 18.8. The van der Waals surface area contributed by atoms with E-state index in [0.717, 1.165) is 0 Å². The molecule has 0 unspecified atom stereocenters. The molecule has 1 fully saturated rings. The molecule has 1 aliphatic heterocycles. The highest BCUT2D eigenvalue weighted by molar-refractivity contribution is 8.26. The van der Waals surface area contributed by atoms with Crippen molar-refractivity contribution in [2.45, 2.75) is 6.92 Å². The van der Waals surface area contributed by atoms with E-state index in [0.29, 0.717) is 38.7 Å². The first kappa shape index (κ1) is 18.2. The fourth-order valence-corrected chi connectivity index (χ4v) is 3.54. The molecule has 1 aromatic heterocycles. The summed E-state index contributed by atoms with van der Waals surface area (Å²) in [5.41, 5.74) is 0.220. The molecule has 26 heavy (non-hydrogen) atoms. The highest BCUT2D eigenvalue weighted by atomic mass is 32.2. The molecule has 0 saturated carbocycles. The first-order valence-corrected chi connectivity index (χ1v) is 8.86. The van der Waals surface area contributed by atoms with Gasteiger partial charge in [-0.3, -0.25) is 19.8 Å². The molecule has 1 aliphatic rings. The summed E-state index contributed by atoms with van der Waals surface area (Å²) < 4.78 is 11.5. The number of thiocarbonyl (C=S) groups is 1. The van der Waals surface area contributed by atoms with Crippen molar-refractivity contribution in [3.8, 4) is 17.1 Å². The first-order valence-electron chi connectivity index (χ1n) is 7.63. The predicted molar refractivity (Wildman–Crippen MR) is 103 cm³/mol. The molecule has 0 radical (unpaired) electrons. The fraction of sp³-hybridized carbons (Fsp3) is 0.176. The standard InChI is InChI=1S/C17H14N2O5S2/c1-3-23-10-4-6-12(13(8-10)19(21)22)14-7-5-11(24-14)9-15-16(20)18(2)17(25)26-15/h4-9H,3H2,1-2H3. The van der Waals surface area contributed by atoms with Crippen LogP contribution in [0, 0.1) is 10.1 Å². The molecule has 7 nitrogen and oxygen atoms in total. The molecule has 1 saturated heterocycles. The molecule has 1 amide bonds. The van der Waals surface area contributed by atoms with E-state index in [2.05, 4.69) is 0 Å². The number of nitrogens with zero attached hydrogens (tertiary/aromatic N) is 2. The Labute approximate surface area is 158 Å². The van der Waals surface area contributed by atoms with Gasteiger partial charge in [-0.05, 0) is 31.2 Å². The van der Waals surface area contributed by atoms with Crippen LogP contribution >= 0.6 is 24.0 Å². The molecule has 0 bridgehead atoms. The quantitative estimate of drug-likeness (QED) is 0.329. The van der Waals surface area contributed by atoms with E-state index in [1.165, 1.54) is 22.7 Å². The van der Waals surface area contributed by atoms with Gasteiger partial charge >= 0.3 is 0 Å². The van der Waals surface area contributed by atoms with E-state index in [9.17, 15) is 14.9 Å². The Morgan fingerprint density at radius 2 is 2.15 bits per heavy atom. The smallest absolute Gasteiger partial charge is 0.284 e. The van der Waals surface area contributed by atoms with E-state index in [-0.39, 0.29) is 11.6 Å². The maximum Gasteiger partial charge on any atom is 0.284 e. The number of ether oxygens (including phenoxy) is 1. The zero-order valence-electron chi connectivity index (χ0n) is 13.9. The minimum atomic E-state index is -0.484. The van der Waals surface area contributed by atoms with Crippen molar-refractivity contribution in [1.29, 1.82) is 0 Å². The molecule has 3 rings (SSSR count). The molecule has 2 heterocycles. The third-order valence-electron chi connectivity index (χ3n) is 3.63. The summed E-state index contributed by atoms with van der Waals surface area (Å²) >= 11 is 6.26. The lowest BCUT2D eigenvalue weighted by molar-refractivity contribution is -0.384. The summed E-state index contributed by atoms with van der Waals surface area (Å²) in [7, 11) is 1.61. The second-order valence-corrected chi connectivity index (χ2v) is 6.99. The molecule has 9 heteroatoms. The second-order valence-electron chi connectivity index (χ2n) is 5.31. The van der Waals surface area contributed by atoms with Gasteiger partial charge in [0.1, 0.15) is 21.6 Å². The number of hydrogen-bond acceptors (Lipinski definition) is 7. The van der Waals surface area contributed by atoms with Gasteiger partial charge in [0.15, 0.2) is 0 Å². The summed E-state index contributed by atoms with van der Waals surface area (Å²) in [4.78, 5) is 24.8. The van der Waals surface area contributed by atoms with Gasteiger partial charge in [0.05, 0.1) is 28.1 Å². The van der Waals surface area contributed by atoms with Crippen LogP contribution in [-0.4, -0.2) is 33.7 Å². The normalized spacial score (nSPS) is 15.8. The summed E-state index contributed by atoms with van der Waals surface area (Å²) in [5.74, 6) is 0.960. The van der Waals surface area contributed by atoms with E-state index in [1.807, 2.05) is 0 Å². The Hall–Kier alpha value is -2.65. The zero-order valence-corrected chi connectivity index (χ0v) is 15.6. The average Bonchev–Trinajstić information content (AvgIpc) is 3.16.